The van der Waals surface area contributed by atoms with Gasteiger partial charge in [0.2, 0.25) is 0 Å². The normalized spacial score (nSPS) is 18.5. The minimum atomic E-state index is 0.0676. The van der Waals surface area contributed by atoms with Gasteiger partial charge in [0.25, 0.3) is 5.91 Å². The first kappa shape index (κ1) is 18.3. The lowest BCUT2D eigenvalue weighted by atomic mass is 9.88. The number of hydrogen-bond acceptors (Lipinski definition) is 2. The second-order valence-electron chi connectivity index (χ2n) is 7.65. The maximum absolute atomic E-state index is 13.3. The Morgan fingerprint density at radius 1 is 0.893 bits per heavy atom. The van der Waals surface area contributed by atoms with Crippen LogP contribution >= 0.6 is 0 Å². The predicted octanol–water partition coefficient (Wildman–Crippen LogP) is 5.90. The van der Waals surface area contributed by atoms with Gasteiger partial charge in [0.15, 0.2) is 0 Å². The van der Waals surface area contributed by atoms with E-state index in [-0.39, 0.29) is 18.0 Å². The molecule has 2 atom stereocenters. The van der Waals surface area contributed by atoms with E-state index in [1.54, 1.807) is 0 Å². The van der Waals surface area contributed by atoms with Crippen LogP contribution in [0.1, 0.15) is 46.4 Å². The van der Waals surface area contributed by atoms with Crippen LogP contribution in [0.25, 0.3) is 0 Å². The minimum Gasteiger partial charge on any atom is -0.378 e. The molecule has 0 saturated carbocycles. The van der Waals surface area contributed by atoms with Gasteiger partial charge in [0, 0.05) is 17.3 Å². The lowest BCUT2D eigenvalue weighted by molar-refractivity contribution is 0.0974. The third-order valence-electron chi connectivity index (χ3n) is 5.62. The van der Waals surface area contributed by atoms with Crippen LogP contribution in [0.4, 0.5) is 11.4 Å². The molecule has 4 rings (SSSR count). The molecule has 1 amide bonds. The van der Waals surface area contributed by atoms with Crippen LogP contribution < -0.4 is 10.2 Å². The quantitative estimate of drug-likeness (QED) is 0.623. The van der Waals surface area contributed by atoms with Crippen molar-refractivity contribution in [2.45, 2.75) is 39.3 Å². The number of fused-ring (bicyclic) bond motifs is 1. The maximum atomic E-state index is 13.3. The highest BCUT2D eigenvalue weighted by Crippen LogP contribution is 2.41. The Morgan fingerprint density at radius 3 is 2.32 bits per heavy atom. The Kier molecular flexibility index (Phi) is 4.91. The first-order chi connectivity index (χ1) is 13.6. The number of hydrogen-bond donors (Lipinski definition) is 1. The fourth-order valence-corrected chi connectivity index (χ4v) is 4.17. The van der Waals surface area contributed by atoms with Crippen molar-refractivity contribution < 1.29 is 4.79 Å². The average Bonchev–Trinajstić information content (AvgIpc) is 2.71. The summed E-state index contributed by atoms with van der Waals surface area (Å²) < 4.78 is 0. The molecule has 3 heteroatoms. The highest BCUT2D eigenvalue weighted by molar-refractivity contribution is 6.07. The molecular formula is C25H26N2O. The molecule has 3 aromatic rings. The van der Waals surface area contributed by atoms with Gasteiger partial charge in [-0.15, -0.1) is 0 Å². The number of anilines is 2. The van der Waals surface area contributed by atoms with Crippen LogP contribution in [0.2, 0.25) is 0 Å². The summed E-state index contributed by atoms with van der Waals surface area (Å²) in [5, 5.41) is 3.72. The fraction of sp³-hybridized carbons (Fsp3) is 0.240. The molecule has 0 aliphatic carbocycles. The van der Waals surface area contributed by atoms with E-state index in [0.717, 1.165) is 28.9 Å². The zero-order valence-corrected chi connectivity index (χ0v) is 16.6. The van der Waals surface area contributed by atoms with Gasteiger partial charge in [-0.05, 0) is 62.1 Å². The summed E-state index contributed by atoms with van der Waals surface area (Å²) in [6.45, 7) is 6.35. The van der Waals surface area contributed by atoms with Crippen molar-refractivity contribution in [3.63, 3.8) is 0 Å². The number of rotatable bonds is 3. The lowest BCUT2D eigenvalue weighted by Gasteiger charge is -2.41. The largest absolute Gasteiger partial charge is 0.378 e. The number of carbonyl (C=O) groups is 1. The molecule has 0 spiro atoms. The summed E-state index contributed by atoms with van der Waals surface area (Å²) in [5.41, 5.74) is 6.47. The Morgan fingerprint density at radius 2 is 1.57 bits per heavy atom. The van der Waals surface area contributed by atoms with Gasteiger partial charge >= 0.3 is 0 Å². The zero-order valence-electron chi connectivity index (χ0n) is 16.6. The van der Waals surface area contributed by atoms with E-state index in [2.05, 4.69) is 68.6 Å². The van der Waals surface area contributed by atoms with Gasteiger partial charge in [0.1, 0.15) is 0 Å². The smallest absolute Gasteiger partial charge is 0.258 e. The first-order valence-corrected chi connectivity index (χ1v) is 9.86. The van der Waals surface area contributed by atoms with Crippen LogP contribution in [0.15, 0.2) is 72.8 Å². The van der Waals surface area contributed by atoms with E-state index in [9.17, 15) is 4.79 Å². The summed E-state index contributed by atoms with van der Waals surface area (Å²) in [6, 6.07) is 24.5. The van der Waals surface area contributed by atoms with Crippen molar-refractivity contribution >= 4 is 17.3 Å². The second-order valence-corrected chi connectivity index (χ2v) is 7.65. The Balaban J connectivity index is 1.75. The summed E-state index contributed by atoms with van der Waals surface area (Å²) in [4.78, 5) is 15.3. The van der Waals surface area contributed by atoms with Gasteiger partial charge in [-0.3, -0.25) is 4.79 Å². The maximum Gasteiger partial charge on any atom is 0.258 e. The van der Waals surface area contributed by atoms with Crippen LogP contribution in [0.3, 0.4) is 0 Å². The third-order valence-corrected chi connectivity index (χ3v) is 5.62. The van der Waals surface area contributed by atoms with Crippen LogP contribution in [0, 0.1) is 13.8 Å². The van der Waals surface area contributed by atoms with Gasteiger partial charge in [0.05, 0.1) is 11.7 Å². The average molecular weight is 370 g/mol. The van der Waals surface area contributed by atoms with E-state index in [1.807, 2.05) is 35.2 Å². The molecule has 2 unspecified atom stereocenters. The van der Waals surface area contributed by atoms with Crippen molar-refractivity contribution in [3.8, 4) is 0 Å². The molecule has 0 fully saturated rings. The van der Waals surface area contributed by atoms with Crippen LogP contribution in [-0.2, 0) is 0 Å². The van der Waals surface area contributed by atoms with E-state index < -0.39 is 0 Å². The summed E-state index contributed by atoms with van der Waals surface area (Å²) in [5.74, 6) is 0.0676. The molecule has 1 N–H and O–H groups in total. The van der Waals surface area contributed by atoms with Crippen molar-refractivity contribution in [2.24, 2.45) is 0 Å². The number of benzene rings is 3. The molecule has 0 saturated heterocycles. The van der Waals surface area contributed by atoms with Crippen molar-refractivity contribution in [3.05, 3.63) is 95.1 Å². The third kappa shape index (κ3) is 3.29. The van der Waals surface area contributed by atoms with Crippen molar-refractivity contribution in [2.75, 3.05) is 10.2 Å². The Hall–Kier alpha value is -3.07. The molecule has 1 heterocycles. The topological polar surface area (TPSA) is 32.3 Å². The van der Waals surface area contributed by atoms with E-state index in [4.69, 9.17) is 0 Å². The van der Waals surface area contributed by atoms with Crippen molar-refractivity contribution in [1.82, 2.24) is 0 Å². The van der Waals surface area contributed by atoms with Crippen LogP contribution in [0.5, 0.6) is 0 Å². The van der Waals surface area contributed by atoms with E-state index >= 15 is 0 Å². The molecule has 3 aromatic carbocycles. The predicted molar refractivity (Wildman–Crippen MR) is 116 cm³/mol. The number of carbonyl (C=O) groups excluding carboxylic acids is 1. The first-order valence-electron chi connectivity index (χ1n) is 9.86. The summed E-state index contributed by atoms with van der Waals surface area (Å²) in [7, 11) is 0. The number of amides is 1. The molecular weight excluding hydrogens is 344 g/mol. The summed E-state index contributed by atoms with van der Waals surface area (Å²) in [6.07, 6.45) is 0.864. The number of para-hydroxylation sites is 2. The molecule has 28 heavy (non-hydrogen) atoms. The number of nitrogens with zero attached hydrogens (tertiary/aromatic N) is 1. The van der Waals surface area contributed by atoms with Gasteiger partial charge in [-0.25, -0.2) is 0 Å². The molecule has 3 nitrogen and oxygen atoms in total. The minimum absolute atomic E-state index is 0.0676. The number of aryl methyl sites for hydroxylation is 2. The van der Waals surface area contributed by atoms with Crippen molar-refractivity contribution in [1.29, 1.82) is 0 Å². The van der Waals surface area contributed by atoms with Gasteiger partial charge in [-0.2, -0.15) is 0 Å². The molecule has 1 aliphatic rings. The van der Waals surface area contributed by atoms with E-state index in [0.29, 0.717) is 0 Å². The molecule has 0 bridgehead atoms. The van der Waals surface area contributed by atoms with Crippen LogP contribution in [-0.4, -0.2) is 11.9 Å². The number of nitrogens with one attached hydrogen (secondary N) is 1. The standard InChI is InChI=1S/C25H26N2O/c1-17-10-7-8-15-22(17)26-23-16-19(3)27(24-18(2)11-9-14-21(23)24)25(28)20-12-5-4-6-13-20/h4-15,19,23,26H,16H2,1-3H3. The highest BCUT2D eigenvalue weighted by Gasteiger charge is 2.35. The molecule has 0 aromatic heterocycles. The van der Waals surface area contributed by atoms with E-state index in [1.165, 1.54) is 11.1 Å². The fourth-order valence-electron chi connectivity index (χ4n) is 4.17. The molecule has 142 valence electrons. The Bertz CT molecular complexity index is 996. The van der Waals surface area contributed by atoms with Gasteiger partial charge in [-0.1, -0.05) is 54.6 Å². The molecule has 1 aliphatic heterocycles. The lowest BCUT2D eigenvalue weighted by Crippen LogP contribution is -2.44. The highest BCUT2D eigenvalue weighted by atomic mass is 16.2. The molecule has 0 radical (unpaired) electrons. The second kappa shape index (κ2) is 7.51. The SMILES string of the molecule is Cc1ccccc1NC1CC(C)N(C(=O)c2ccccc2)c2c(C)cccc21. The monoisotopic (exact) mass is 370 g/mol. The Labute approximate surface area is 167 Å². The zero-order chi connectivity index (χ0) is 19.7. The summed E-state index contributed by atoms with van der Waals surface area (Å²) >= 11 is 0. The van der Waals surface area contributed by atoms with Gasteiger partial charge < -0.3 is 10.2 Å².